The van der Waals surface area contributed by atoms with E-state index < -0.39 is 0 Å². The van der Waals surface area contributed by atoms with Gasteiger partial charge in [-0.15, -0.1) is 0 Å². The van der Waals surface area contributed by atoms with E-state index in [1.165, 1.54) is 0 Å². The number of hydrogen-bond donors (Lipinski definition) is 0. The molecule has 0 N–H and O–H groups in total. The predicted molar refractivity (Wildman–Crippen MR) is 97.6 cm³/mol. The van der Waals surface area contributed by atoms with Gasteiger partial charge >= 0.3 is 0 Å². The van der Waals surface area contributed by atoms with Gasteiger partial charge in [0, 0.05) is 17.3 Å². The highest BCUT2D eigenvalue weighted by Crippen LogP contribution is 2.23. The van der Waals surface area contributed by atoms with E-state index in [9.17, 15) is 0 Å². The zero-order valence-electron chi connectivity index (χ0n) is 13.6. The third-order valence-electron chi connectivity index (χ3n) is 4.15. The number of para-hydroxylation sites is 2. The van der Waals surface area contributed by atoms with Crippen LogP contribution in [0, 0.1) is 0 Å². The van der Waals surface area contributed by atoms with Crippen LogP contribution in [0.25, 0.3) is 39.7 Å². The van der Waals surface area contributed by atoms with Crippen LogP contribution in [0.4, 0.5) is 0 Å². The van der Waals surface area contributed by atoms with Crippen LogP contribution in [0.5, 0.6) is 0 Å². The lowest BCUT2D eigenvalue weighted by Crippen LogP contribution is -1.95. The molecule has 0 fully saturated rings. The first-order valence-electron chi connectivity index (χ1n) is 8.16. The molecule has 0 aliphatic heterocycles. The smallest absolute Gasteiger partial charge is 0.258 e. The van der Waals surface area contributed by atoms with E-state index in [2.05, 4.69) is 20.1 Å². The lowest BCUT2D eigenvalue weighted by Gasteiger charge is -2.03. The molecular formula is C20H13N5O. The van der Waals surface area contributed by atoms with Gasteiger partial charge in [0.05, 0.1) is 11.0 Å². The number of nitrogens with zero attached hydrogens (tertiary/aromatic N) is 5. The van der Waals surface area contributed by atoms with Gasteiger partial charge in [-0.25, -0.2) is 9.97 Å². The predicted octanol–water partition coefficient (Wildman–Crippen LogP) is 4.14. The van der Waals surface area contributed by atoms with Gasteiger partial charge in [-0.1, -0.05) is 35.5 Å². The minimum absolute atomic E-state index is 0.491. The Kier molecular flexibility index (Phi) is 3.31. The van der Waals surface area contributed by atoms with Gasteiger partial charge in [-0.05, 0) is 36.4 Å². The first kappa shape index (κ1) is 14.5. The number of pyridine rings is 1. The van der Waals surface area contributed by atoms with Crippen molar-refractivity contribution in [3.05, 3.63) is 79.3 Å². The van der Waals surface area contributed by atoms with E-state index in [0.29, 0.717) is 11.7 Å². The summed E-state index contributed by atoms with van der Waals surface area (Å²) in [6.45, 7) is 0. The van der Waals surface area contributed by atoms with Gasteiger partial charge in [0.15, 0.2) is 0 Å². The van der Waals surface area contributed by atoms with E-state index in [0.717, 1.165) is 28.0 Å². The van der Waals surface area contributed by atoms with Crippen molar-refractivity contribution < 1.29 is 4.52 Å². The van der Waals surface area contributed by atoms with Gasteiger partial charge in [-0.2, -0.15) is 4.98 Å². The molecule has 0 spiro atoms. The van der Waals surface area contributed by atoms with Crippen molar-refractivity contribution in [3.63, 3.8) is 0 Å². The largest absolute Gasteiger partial charge is 0.334 e. The number of benzene rings is 2. The average Bonchev–Trinajstić information content (AvgIpc) is 3.36. The minimum atomic E-state index is 0.491. The van der Waals surface area contributed by atoms with Crippen molar-refractivity contribution in [3.8, 4) is 28.7 Å². The van der Waals surface area contributed by atoms with Gasteiger partial charge in [0.2, 0.25) is 5.82 Å². The first-order valence-corrected chi connectivity index (χ1v) is 8.16. The van der Waals surface area contributed by atoms with Crippen LogP contribution in [0.2, 0.25) is 0 Å². The zero-order valence-corrected chi connectivity index (χ0v) is 13.6. The molecule has 0 unspecified atom stereocenters. The molecule has 0 saturated heterocycles. The molecule has 0 radical (unpaired) electrons. The Morgan fingerprint density at radius 1 is 0.769 bits per heavy atom. The number of imidazole rings is 1. The topological polar surface area (TPSA) is 69.6 Å². The minimum Gasteiger partial charge on any atom is -0.334 e. The van der Waals surface area contributed by atoms with Crippen molar-refractivity contribution in [2.75, 3.05) is 0 Å². The summed E-state index contributed by atoms with van der Waals surface area (Å²) in [6, 6.07) is 21.5. The maximum atomic E-state index is 5.36. The Hall–Kier alpha value is -3.80. The molecular weight excluding hydrogens is 326 g/mol. The molecule has 5 aromatic rings. The second-order valence-corrected chi connectivity index (χ2v) is 5.80. The summed E-state index contributed by atoms with van der Waals surface area (Å²) < 4.78 is 7.31. The highest BCUT2D eigenvalue weighted by atomic mass is 16.5. The monoisotopic (exact) mass is 339 g/mol. The molecule has 124 valence electrons. The van der Waals surface area contributed by atoms with Crippen molar-refractivity contribution in [1.82, 2.24) is 24.7 Å². The average molecular weight is 339 g/mol. The maximum Gasteiger partial charge on any atom is 0.258 e. The molecule has 6 nitrogen and oxygen atoms in total. The van der Waals surface area contributed by atoms with E-state index in [1.807, 2.05) is 71.3 Å². The molecule has 5 rings (SSSR count). The van der Waals surface area contributed by atoms with E-state index >= 15 is 0 Å². The second kappa shape index (κ2) is 5.93. The summed E-state index contributed by atoms with van der Waals surface area (Å²) in [6.07, 6.45) is 3.51. The first-order chi connectivity index (χ1) is 12.9. The summed E-state index contributed by atoms with van der Waals surface area (Å²) in [7, 11) is 0. The molecule has 6 heteroatoms. The summed E-state index contributed by atoms with van der Waals surface area (Å²) in [4.78, 5) is 13.4. The van der Waals surface area contributed by atoms with Crippen molar-refractivity contribution >= 4 is 11.0 Å². The summed E-state index contributed by atoms with van der Waals surface area (Å²) in [5.41, 5.74) is 3.63. The number of fused-ring (bicyclic) bond motifs is 1. The normalized spacial score (nSPS) is 11.1. The van der Waals surface area contributed by atoms with Crippen LogP contribution in [-0.4, -0.2) is 24.7 Å². The van der Waals surface area contributed by atoms with Crippen LogP contribution in [0.15, 0.2) is 83.8 Å². The molecule has 0 aliphatic carbocycles. The fourth-order valence-electron chi connectivity index (χ4n) is 2.84. The van der Waals surface area contributed by atoms with Gasteiger partial charge in [-0.3, -0.25) is 4.57 Å². The van der Waals surface area contributed by atoms with Crippen molar-refractivity contribution in [1.29, 1.82) is 0 Å². The summed E-state index contributed by atoms with van der Waals surface area (Å²) >= 11 is 0. The molecule has 3 aromatic heterocycles. The van der Waals surface area contributed by atoms with Crippen LogP contribution in [-0.2, 0) is 0 Å². The Morgan fingerprint density at radius 3 is 2.46 bits per heavy atom. The van der Waals surface area contributed by atoms with Crippen LogP contribution in [0.1, 0.15) is 0 Å². The third kappa shape index (κ3) is 2.44. The fraction of sp³-hybridized carbons (Fsp3) is 0. The van der Waals surface area contributed by atoms with Gasteiger partial charge < -0.3 is 4.52 Å². The van der Waals surface area contributed by atoms with Crippen LogP contribution < -0.4 is 0 Å². The Labute approximate surface area is 148 Å². The molecule has 0 amide bonds. The second-order valence-electron chi connectivity index (χ2n) is 5.80. The van der Waals surface area contributed by atoms with E-state index in [4.69, 9.17) is 4.52 Å². The molecule has 0 bridgehead atoms. The molecule has 3 heterocycles. The Morgan fingerprint density at radius 2 is 1.62 bits per heavy atom. The van der Waals surface area contributed by atoms with E-state index in [1.54, 1.807) is 12.5 Å². The molecule has 0 aliphatic rings. The Balaban J connectivity index is 1.48. The molecule has 0 atom stereocenters. The number of hydrogen-bond acceptors (Lipinski definition) is 5. The highest BCUT2D eigenvalue weighted by molar-refractivity contribution is 5.76. The molecule has 26 heavy (non-hydrogen) atoms. The van der Waals surface area contributed by atoms with Crippen molar-refractivity contribution in [2.24, 2.45) is 0 Å². The lowest BCUT2D eigenvalue weighted by molar-refractivity contribution is 0.432. The highest BCUT2D eigenvalue weighted by Gasteiger charge is 2.11. The van der Waals surface area contributed by atoms with Gasteiger partial charge in [0.1, 0.15) is 12.1 Å². The third-order valence-corrected chi connectivity index (χ3v) is 4.15. The number of rotatable bonds is 3. The fourth-order valence-corrected chi connectivity index (χ4v) is 2.84. The molecule has 2 aromatic carbocycles. The standard InChI is InChI=1S/C20H13N5O/c1-2-6-14(7-3-1)20-23-19(24-26-20)15-10-11-18(21-12-15)25-13-22-16-8-4-5-9-17(16)25/h1-13H. The summed E-state index contributed by atoms with van der Waals surface area (Å²) in [5.74, 6) is 1.79. The van der Waals surface area contributed by atoms with Crippen molar-refractivity contribution in [2.45, 2.75) is 0 Å². The number of aromatic nitrogens is 5. The van der Waals surface area contributed by atoms with Crippen LogP contribution in [0.3, 0.4) is 0 Å². The quantitative estimate of drug-likeness (QED) is 0.494. The van der Waals surface area contributed by atoms with E-state index in [-0.39, 0.29) is 0 Å². The van der Waals surface area contributed by atoms with Crippen LogP contribution >= 0.6 is 0 Å². The molecule has 0 saturated carbocycles. The maximum absolute atomic E-state index is 5.36. The Bertz CT molecular complexity index is 1180. The lowest BCUT2D eigenvalue weighted by atomic mass is 10.2. The summed E-state index contributed by atoms with van der Waals surface area (Å²) in [5, 5.41) is 4.06. The van der Waals surface area contributed by atoms with Gasteiger partial charge in [0.25, 0.3) is 5.89 Å². The SMILES string of the molecule is c1ccc(-c2nc(-c3ccc(-n4cnc5ccccc54)nc3)no2)cc1. The zero-order chi connectivity index (χ0) is 17.3.